The van der Waals surface area contributed by atoms with E-state index in [-0.39, 0.29) is 12.0 Å². The fourth-order valence-electron chi connectivity index (χ4n) is 3.20. The molecule has 6 heteroatoms. The number of carbonyl (C=O) groups excluding carboxylic acids is 1. The first-order valence-corrected chi connectivity index (χ1v) is 8.89. The van der Waals surface area contributed by atoms with Gasteiger partial charge in [-0.2, -0.15) is 0 Å². The van der Waals surface area contributed by atoms with Crippen LogP contribution in [-0.4, -0.2) is 35.2 Å². The maximum atomic E-state index is 12.2. The van der Waals surface area contributed by atoms with Gasteiger partial charge < -0.3 is 19.4 Å². The van der Waals surface area contributed by atoms with E-state index in [9.17, 15) is 4.79 Å². The molecule has 0 spiro atoms. The number of rotatable bonds is 5. The molecule has 0 aliphatic carbocycles. The molecule has 3 aromatic rings. The van der Waals surface area contributed by atoms with Crippen molar-refractivity contribution in [3.8, 4) is 17.0 Å². The molecule has 0 saturated carbocycles. The molecule has 0 bridgehead atoms. The highest BCUT2D eigenvalue weighted by Crippen LogP contribution is 2.30. The molecule has 0 fully saturated rings. The number of hydrogen-bond donors (Lipinski definition) is 1. The monoisotopic (exact) mass is 363 g/mol. The summed E-state index contributed by atoms with van der Waals surface area (Å²) in [6, 6.07) is 17.0. The fraction of sp³-hybridized carbons (Fsp3) is 0.238. The Morgan fingerprint density at radius 2 is 2.00 bits per heavy atom. The van der Waals surface area contributed by atoms with E-state index >= 15 is 0 Å². The topological polar surface area (TPSA) is 65.4 Å². The summed E-state index contributed by atoms with van der Waals surface area (Å²) in [6.45, 7) is 1.52. The van der Waals surface area contributed by atoms with E-state index in [1.165, 1.54) is 0 Å². The lowest BCUT2D eigenvalue weighted by molar-refractivity contribution is 0.00327. The summed E-state index contributed by atoms with van der Waals surface area (Å²) in [7, 11) is 1.66. The van der Waals surface area contributed by atoms with Crippen molar-refractivity contribution < 1.29 is 14.3 Å². The van der Waals surface area contributed by atoms with Crippen molar-refractivity contribution >= 4 is 5.91 Å². The van der Waals surface area contributed by atoms with Crippen molar-refractivity contribution in [2.24, 2.45) is 0 Å². The lowest BCUT2D eigenvalue weighted by Crippen LogP contribution is -2.38. The second kappa shape index (κ2) is 7.63. The number of imidazole rings is 1. The summed E-state index contributed by atoms with van der Waals surface area (Å²) in [5.74, 6) is 1.58. The summed E-state index contributed by atoms with van der Waals surface area (Å²) in [4.78, 5) is 16.9. The third-order valence-corrected chi connectivity index (χ3v) is 4.62. The van der Waals surface area contributed by atoms with Crippen molar-refractivity contribution in [2.75, 3.05) is 13.7 Å². The highest BCUT2D eigenvalue weighted by atomic mass is 16.5. The van der Waals surface area contributed by atoms with Gasteiger partial charge in [-0.05, 0) is 24.3 Å². The number of para-hydroxylation sites is 1. The van der Waals surface area contributed by atoms with Gasteiger partial charge in [0.15, 0.2) is 0 Å². The quantitative estimate of drug-likeness (QED) is 0.757. The Bertz CT molecular complexity index is 937. The summed E-state index contributed by atoms with van der Waals surface area (Å²) in [5, 5.41) is 2.94. The number of aromatic nitrogens is 2. The molecule has 1 atom stereocenters. The average molecular weight is 363 g/mol. The highest BCUT2D eigenvalue weighted by Gasteiger charge is 2.22. The molecule has 1 aromatic heterocycles. The van der Waals surface area contributed by atoms with Crippen LogP contribution in [0.3, 0.4) is 0 Å². The standard InChI is InChI=1S/C21H21N3O3/c1-26-19-10-6-5-9-17(19)18-13-24-12-16(27-14-20(24)23-18)11-22-21(25)15-7-3-2-4-8-15/h2-10,13,16H,11-12,14H2,1H3,(H,22,25)/t16-/m0/s1. The number of ether oxygens (including phenoxy) is 2. The lowest BCUT2D eigenvalue weighted by Gasteiger charge is -2.24. The van der Waals surface area contributed by atoms with Gasteiger partial charge in [-0.1, -0.05) is 30.3 Å². The Morgan fingerprint density at radius 3 is 2.81 bits per heavy atom. The molecule has 0 radical (unpaired) electrons. The summed E-state index contributed by atoms with van der Waals surface area (Å²) < 4.78 is 13.4. The van der Waals surface area contributed by atoms with Gasteiger partial charge in [0.2, 0.25) is 0 Å². The lowest BCUT2D eigenvalue weighted by atomic mass is 10.1. The van der Waals surface area contributed by atoms with Gasteiger partial charge in [-0.25, -0.2) is 4.98 Å². The third-order valence-electron chi connectivity index (χ3n) is 4.62. The van der Waals surface area contributed by atoms with Gasteiger partial charge >= 0.3 is 0 Å². The normalized spacial score (nSPS) is 15.8. The SMILES string of the molecule is COc1ccccc1-c1cn2c(n1)CO[C@@H](CNC(=O)c1ccccc1)C2. The van der Waals surface area contributed by atoms with Gasteiger partial charge in [-0.3, -0.25) is 4.79 Å². The molecule has 1 aliphatic heterocycles. The summed E-state index contributed by atoms with van der Waals surface area (Å²) >= 11 is 0. The number of carbonyl (C=O) groups is 1. The molecule has 138 valence electrons. The molecule has 6 nitrogen and oxygen atoms in total. The van der Waals surface area contributed by atoms with Crippen LogP contribution in [0.25, 0.3) is 11.3 Å². The molecule has 4 rings (SSSR count). The van der Waals surface area contributed by atoms with Gasteiger partial charge in [-0.15, -0.1) is 0 Å². The molecule has 1 aliphatic rings. The van der Waals surface area contributed by atoms with E-state index in [0.29, 0.717) is 25.3 Å². The molecule has 2 aromatic carbocycles. The number of methoxy groups -OCH3 is 1. The van der Waals surface area contributed by atoms with Crippen molar-refractivity contribution in [3.63, 3.8) is 0 Å². The second-order valence-corrected chi connectivity index (χ2v) is 6.40. The van der Waals surface area contributed by atoms with Crippen LogP contribution in [0, 0.1) is 0 Å². The van der Waals surface area contributed by atoms with Gasteiger partial charge in [0.25, 0.3) is 5.91 Å². The van der Waals surface area contributed by atoms with Crippen LogP contribution in [0.4, 0.5) is 0 Å². The molecule has 0 unspecified atom stereocenters. The van der Waals surface area contributed by atoms with Crippen LogP contribution in [0.15, 0.2) is 60.8 Å². The Hall–Kier alpha value is -3.12. The van der Waals surface area contributed by atoms with Crippen LogP contribution in [0.2, 0.25) is 0 Å². The Morgan fingerprint density at radius 1 is 1.22 bits per heavy atom. The predicted molar refractivity (Wildman–Crippen MR) is 102 cm³/mol. The van der Waals surface area contributed by atoms with Crippen molar-refractivity contribution in [1.82, 2.24) is 14.9 Å². The zero-order valence-corrected chi connectivity index (χ0v) is 15.1. The van der Waals surface area contributed by atoms with Crippen molar-refractivity contribution in [2.45, 2.75) is 19.3 Å². The third kappa shape index (κ3) is 3.71. The first-order chi connectivity index (χ1) is 13.2. The molecular formula is C21H21N3O3. The summed E-state index contributed by atoms with van der Waals surface area (Å²) in [6.07, 6.45) is 1.92. The molecule has 1 amide bonds. The van der Waals surface area contributed by atoms with Crippen LogP contribution < -0.4 is 10.1 Å². The molecular weight excluding hydrogens is 342 g/mol. The average Bonchev–Trinajstić information content (AvgIpc) is 3.15. The highest BCUT2D eigenvalue weighted by molar-refractivity contribution is 5.94. The zero-order chi connectivity index (χ0) is 18.6. The number of fused-ring (bicyclic) bond motifs is 1. The Labute approximate surface area is 157 Å². The van der Waals surface area contributed by atoms with E-state index in [0.717, 1.165) is 22.8 Å². The number of hydrogen-bond acceptors (Lipinski definition) is 4. The van der Waals surface area contributed by atoms with Gasteiger partial charge in [0, 0.05) is 23.9 Å². The first kappa shape index (κ1) is 17.3. The molecule has 2 heterocycles. The van der Waals surface area contributed by atoms with E-state index in [4.69, 9.17) is 9.47 Å². The Balaban J connectivity index is 1.43. The molecule has 1 N–H and O–H groups in total. The van der Waals surface area contributed by atoms with E-state index < -0.39 is 0 Å². The van der Waals surface area contributed by atoms with E-state index in [1.54, 1.807) is 19.2 Å². The number of benzene rings is 2. The van der Waals surface area contributed by atoms with Crippen LogP contribution in [0.1, 0.15) is 16.2 Å². The van der Waals surface area contributed by atoms with Crippen LogP contribution >= 0.6 is 0 Å². The smallest absolute Gasteiger partial charge is 0.251 e. The van der Waals surface area contributed by atoms with Crippen LogP contribution in [0.5, 0.6) is 5.75 Å². The number of nitrogens with one attached hydrogen (secondary N) is 1. The minimum absolute atomic E-state index is 0.0923. The van der Waals surface area contributed by atoms with E-state index in [2.05, 4.69) is 14.9 Å². The van der Waals surface area contributed by atoms with Crippen molar-refractivity contribution in [3.05, 3.63) is 72.2 Å². The Kier molecular flexibility index (Phi) is 4.89. The minimum Gasteiger partial charge on any atom is -0.496 e. The number of amides is 1. The van der Waals surface area contributed by atoms with Crippen molar-refractivity contribution in [1.29, 1.82) is 0 Å². The first-order valence-electron chi connectivity index (χ1n) is 8.89. The van der Waals surface area contributed by atoms with E-state index in [1.807, 2.05) is 48.7 Å². The van der Waals surface area contributed by atoms with Crippen LogP contribution in [-0.2, 0) is 17.9 Å². The zero-order valence-electron chi connectivity index (χ0n) is 15.1. The largest absolute Gasteiger partial charge is 0.496 e. The maximum Gasteiger partial charge on any atom is 0.251 e. The molecule has 0 saturated heterocycles. The summed E-state index contributed by atoms with van der Waals surface area (Å²) in [5.41, 5.74) is 2.46. The predicted octanol–water partition coefficient (Wildman–Crippen LogP) is 2.89. The second-order valence-electron chi connectivity index (χ2n) is 6.40. The maximum absolute atomic E-state index is 12.2. The fourth-order valence-corrected chi connectivity index (χ4v) is 3.20. The minimum atomic E-state index is -0.0927. The number of nitrogens with zero attached hydrogens (tertiary/aromatic N) is 2. The van der Waals surface area contributed by atoms with Gasteiger partial charge in [0.05, 0.1) is 25.5 Å². The van der Waals surface area contributed by atoms with Gasteiger partial charge in [0.1, 0.15) is 18.2 Å². The molecule has 27 heavy (non-hydrogen) atoms.